The number of hydrogen-bond donors (Lipinski definition) is 0. The summed E-state index contributed by atoms with van der Waals surface area (Å²) in [7, 11) is 0. The van der Waals surface area contributed by atoms with Crippen molar-refractivity contribution < 1.29 is 0 Å². The van der Waals surface area contributed by atoms with Crippen molar-refractivity contribution >= 4 is 45.1 Å². The first-order valence-corrected chi connectivity index (χ1v) is 6.34. The van der Waals surface area contributed by atoms with Crippen molar-refractivity contribution in [2.24, 2.45) is 0 Å². The molecule has 66 valence electrons. The van der Waals surface area contributed by atoms with Crippen LogP contribution >= 0.6 is 34.4 Å². The minimum Gasteiger partial charge on any atom is -0.129 e. The molecule has 2 aromatic carbocycles. The average molecular weight is 300 g/mol. The van der Waals surface area contributed by atoms with Crippen molar-refractivity contribution in [1.82, 2.24) is 0 Å². The maximum atomic E-state index is 2.39. The molecule has 0 radical (unpaired) electrons. The Labute approximate surface area is 95.9 Å². The third kappa shape index (κ3) is 1.70. The molecule has 0 bridgehead atoms. The van der Waals surface area contributed by atoms with E-state index in [0.29, 0.717) is 0 Å². The smallest absolute Gasteiger partial charge is 0.0220 e. The minimum atomic E-state index is 1.33. The first-order chi connectivity index (χ1) is 6.33. The van der Waals surface area contributed by atoms with Crippen LogP contribution in [0.4, 0.5) is 0 Å². The molecule has 0 aliphatic carbocycles. The van der Waals surface area contributed by atoms with E-state index in [1.807, 2.05) is 11.8 Å². The lowest BCUT2D eigenvalue weighted by Gasteiger charge is -2.04. The summed E-state index contributed by atoms with van der Waals surface area (Å²) in [6.45, 7) is 0. The van der Waals surface area contributed by atoms with E-state index in [4.69, 9.17) is 0 Å². The van der Waals surface area contributed by atoms with Crippen LogP contribution in [0.25, 0.3) is 10.8 Å². The number of benzene rings is 2. The standard InChI is InChI=1S/C11H9IS/c1-13-10-7-3-5-8-4-2-6-9(12)11(8)10/h2-7H,1H3. The highest BCUT2D eigenvalue weighted by atomic mass is 127. The quantitative estimate of drug-likeness (QED) is 0.563. The Balaban J connectivity index is 2.87. The van der Waals surface area contributed by atoms with Crippen LogP contribution in [0.2, 0.25) is 0 Å². The molecule has 0 heterocycles. The molecule has 0 fully saturated rings. The largest absolute Gasteiger partial charge is 0.129 e. The zero-order valence-corrected chi connectivity index (χ0v) is 10.2. The van der Waals surface area contributed by atoms with Gasteiger partial charge in [0.15, 0.2) is 0 Å². The highest BCUT2D eigenvalue weighted by Crippen LogP contribution is 2.29. The van der Waals surface area contributed by atoms with Gasteiger partial charge in [-0.05, 0) is 46.4 Å². The Kier molecular flexibility index (Phi) is 2.79. The molecular formula is C11H9IS. The Morgan fingerprint density at radius 1 is 1.08 bits per heavy atom. The van der Waals surface area contributed by atoms with Crippen LogP contribution in [-0.2, 0) is 0 Å². The van der Waals surface area contributed by atoms with E-state index in [9.17, 15) is 0 Å². The van der Waals surface area contributed by atoms with Crippen LogP contribution < -0.4 is 0 Å². The highest BCUT2D eigenvalue weighted by Gasteiger charge is 2.01. The summed E-state index contributed by atoms with van der Waals surface area (Å²) in [5.41, 5.74) is 0. The van der Waals surface area contributed by atoms with Crippen molar-refractivity contribution in [2.75, 3.05) is 6.26 Å². The molecule has 2 aromatic rings. The van der Waals surface area contributed by atoms with Gasteiger partial charge in [0, 0.05) is 13.9 Å². The van der Waals surface area contributed by atoms with Gasteiger partial charge in [0.1, 0.15) is 0 Å². The van der Waals surface area contributed by atoms with Crippen LogP contribution in [0.15, 0.2) is 41.3 Å². The van der Waals surface area contributed by atoms with E-state index in [1.165, 1.54) is 19.2 Å². The molecule has 0 aromatic heterocycles. The van der Waals surface area contributed by atoms with Gasteiger partial charge in [0.25, 0.3) is 0 Å². The van der Waals surface area contributed by atoms with E-state index >= 15 is 0 Å². The Morgan fingerprint density at radius 2 is 1.77 bits per heavy atom. The normalized spacial score (nSPS) is 10.6. The number of halogens is 1. The molecule has 2 heteroatoms. The molecule has 0 amide bonds. The zero-order chi connectivity index (χ0) is 9.26. The van der Waals surface area contributed by atoms with E-state index < -0.39 is 0 Å². The molecule has 0 N–H and O–H groups in total. The average Bonchev–Trinajstić information content (AvgIpc) is 2.17. The Bertz CT molecular complexity index is 432. The summed E-state index contributed by atoms with van der Waals surface area (Å²) < 4.78 is 1.33. The minimum absolute atomic E-state index is 1.33. The molecule has 0 atom stereocenters. The molecule has 0 aliphatic rings. The first kappa shape index (κ1) is 9.34. The van der Waals surface area contributed by atoms with Gasteiger partial charge in [-0.3, -0.25) is 0 Å². The van der Waals surface area contributed by atoms with Gasteiger partial charge in [0.05, 0.1) is 0 Å². The highest BCUT2D eigenvalue weighted by molar-refractivity contribution is 14.1. The third-order valence-corrected chi connectivity index (χ3v) is 3.71. The van der Waals surface area contributed by atoms with Gasteiger partial charge in [-0.2, -0.15) is 0 Å². The lowest BCUT2D eigenvalue weighted by molar-refractivity contribution is 1.53. The maximum absolute atomic E-state index is 2.39. The summed E-state index contributed by atoms with van der Waals surface area (Å²) in [5.74, 6) is 0. The van der Waals surface area contributed by atoms with Gasteiger partial charge in [-0.25, -0.2) is 0 Å². The second-order valence-electron chi connectivity index (χ2n) is 2.80. The Morgan fingerprint density at radius 3 is 2.46 bits per heavy atom. The molecule has 0 spiro atoms. The van der Waals surface area contributed by atoms with Crippen LogP contribution in [-0.4, -0.2) is 6.26 Å². The Hall–Kier alpha value is -0.220. The van der Waals surface area contributed by atoms with Gasteiger partial charge in [0.2, 0.25) is 0 Å². The van der Waals surface area contributed by atoms with Crippen molar-refractivity contribution in [3.63, 3.8) is 0 Å². The van der Waals surface area contributed by atoms with Crippen LogP contribution in [0.3, 0.4) is 0 Å². The molecule has 0 aliphatic heterocycles. The number of fused-ring (bicyclic) bond motifs is 1. The number of hydrogen-bond acceptors (Lipinski definition) is 1. The fourth-order valence-electron chi connectivity index (χ4n) is 1.43. The van der Waals surface area contributed by atoms with E-state index in [-0.39, 0.29) is 0 Å². The zero-order valence-electron chi connectivity index (χ0n) is 7.25. The lowest BCUT2D eigenvalue weighted by atomic mass is 10.1. The van der Waals surface area contributed by atoms with E-state index in [0.717, 1.165) is 0 Å². The molecule has 0 nitrogen and oxygen atoms in total. The lowest BCUT2D eigenvalue weighted by Crippen LogP contribution is -1.80. The van der Waals surface area contributed by atoms with Crippen molar-refractivity contribution in [1.29, 1.82) is 0 Å². The predicted molar refractivity (Wildman–Crippen MR) is 68.4 cm³/mol. The van der Waals surface area contributed by atoms with E-state index in [1.54, 1.807) is 0 Å². The van der Waals surface area contributed by atoms with Gasteiger partial charge < -0.3 is 0 Å². The van der Waals surface area contributed by atoms with Crippen LogP contribution in [0.5, 0.6) is 0 Å². The summed E-state index contributed by atoms with van der Waals surface area (Å²) in [6.07, 6.45) is 2.12. The maximum Gasteiger partial charge on any atom is 0.0220 e. The predicted octanol–water partition coefficient (Wildman–Crippen LogP) is 4.17. The molecular weight excluding hydrogens is 291 g/mol. The summed E-state index contributed by atoms with van der Waals surface area (Å²) in [6, 6.07) is 12.9. The number of thioether (sulfide) groups is 1. The van der Waals surface area contributed by atoms with Gasteiger partial charge in [-0.1, -0.05) is 24.3 Å². The van der Waals surface area contributed by atoms with Crippen molar-refractivity contribution in [2.45, 2.75) is 4.90 Å². The molecule has 0 unspecified atom stereocenters. The van der Waals surface area contributed by atoms with E-state index in [2.05, 4.69) is 65.2 Å². The summed E-state index contributed by atoms with van der Waals surface area (Å²) in [4.78, 5) is 1.36. The summed E-state index contributed by atoms with van der Waals surface area (Å²) in [5, 5.41) is 2.72. The SMILES string of the molecule is CSc1cccc2cccc(I)c12. The summed E-state index contributed by atoms with van der Waals surface area (Å²) >= 11 is 4.20. The molecule has 2 rings (SSSR count). The van der Waals surface area contributed by atoms with Crippen molar-refractivity contribution in [3.8, 4) is 0 Å². The monoisotopic (exact) mass is 300 g/mol. The molecule has 13 heavy (non-hydrogen) atoms. The second kappa shape index (κ2) is 3.88. The fourth-order valence-corrected chi connectivity index (χ4v) is 3.07. The number of rotatable bonds is 1. The fraction of sp³-hybridized carbons (Fsp3) is 0.0909. The third-order valence-electron chi connectivity index (χ3n) is 2.04. The molecule has 0 saturated heterocycles. The molecule has 0 saturated carbocycles. The van der Waals surface area contributed by atoms with Crippen LogP contribution in [0, 0.1) is 3.57 Å². The van der Waals surface area contributed by atoms with Crippen LogP contribution in [0.1, 0.15) is 0 Å². The van der Waals surface area contributed by atoms with Crippen molar-refractivity contribution in [3.05, 3.63) is 40.0 Å². The van der Waals surface area contributed by atoms with Gasteiger partial charge >= 0.3 is 0 Å². The second-order valence-corrected chi connectivity index (χ2v) is 4.81. The first-order valence-electron chi connectivity index (χ1n) is 4.04. The topological polar surface area (TPSA) is 0 Å². The van der Waals surface area contributed by atoms with Gasteiger partial charge in [-0.15, -0.1) is 11.8 Å².